The van der Waals surface area contributed by atoms with Crippen molar-refractivity contribution in [1.82, 2.24) is 15.1 Å². The molecule has 9 heteroatoms. The van der Waals surface area contributed by atoms with E-state index in [1.165, 1.54) is 12.4 Å². The zero-order valence-electron chi connectivity index (χ0n) is 15.8. The van der Waals surface area contributed by atoms with Gasteiger partial charge in [-0.3, -0.25) is 19.6 Å². The van der Waals surface area contributed by atoms with E-state index in [2.05, 4.69) is 20.2 Å². The Morgan fingerprint density at radius 1 is 0.964 bits per heavy atom. The van der Waals surface area contributed by atoms with Crippen molar-refractivity contribution in [1.29, 1.82) is 0 Å². The fourth-order valence-electron chi connectivity index (χ4n) is 3.01. The molecule has 4 N–H and O–H groups in total. The number of aromatic nitrogens is 2. The van der Waals surface area contributed by atoms with E-state index in [4.69, 9.17) is 0 Å². The van der Waals surface area contributed by atoms with Gasteiger partial charge < -0.3 is 25.3 Å². The lowest BCUT2D eigenvalue weighted by Gasteiger charge is -2.07. The molecule has 0 radical (unpaired) electrons. The van der Waals surface area contributed by atoms with E-state index < -0.39 is 6.04 Å². The van der Waals surface area contributed by atoms with Crippen molar-refractivity contribution in [2.24, 2.45) is 9.98 Å². The van der Waals surface area contributed by atoms with Crippen LogP contribution >= 0.6 is 0 Å². The maximum absolute atomic E-state index is 13.2. The summed E-state index contributed by atoms with van der Waals surface area (Å²) in [5, 5.41) is 25.7. The van der Waals surface area contributed by atoms with Gasteiger partial charge in [-0.15, -0.1) is 0 Å². The minimum absolute atomic E-state index is 0.148. The fraction of sp³-hybridized carbons (Fsp3) is 0.368. The van der Waals surface area contributed by atoms with Gasteiger partial charge in [-0.05, 0) is 26.2 Å². The number of aliphatic hydroxyl groups is 2. The second-order valence-corrected chi connectivity index (χ2v) is 6.75. The van der Waals surface area contributed by atoms with Gasteiger partial charge in [-0.1, -0.05) is 0 Å². The summed E-state index contributed by atoms with van der Waals surface area (Å²) in [6.07, 6.45) is 2.89. The van der Waals surface area contributed by atoms with Crippen LogP contribution in [0.2, 0.25) is 0 Å². The van der Waals surface area contributed by atoms with Crippen molar-refractivity contribution in [3.05, 3.63) is 55.7 Å². The number of aliphatic hydroxyl groups excluding tert-OH is 2. The zero-order valence-corrected chi connectivity index (χ0v) is 15.8. The van der Waals surface area contributed by atoms with Crippen molar-refractivity contribution in [2.45, 2.75) is 6.04 Å². The molecule has 0 aliphatic heterocycles. The first kappa shape index (κ1) is 19.9. The number of aromatic amines is 2. The predicted octanol–water partition coefficient (Wildman–Crippen LogP) is -1.48. The summed E-state index contributed by atoms with van der Waals surface area (Å²) < 4.78 is 0. The van der Waals surface area contributed by atoms with Crippen LogP contribution in [0.1, 0.15) is 0 Å². The molecule has 0 aliphatic carbocycles. The Hall–Kier alpha value is -2.88. The monoisotopic (exact) mass is 385 g/mol. The highest BCUT2D eigenvalue weighted by molar-refractivity contribution is 5.96. The lowest BCUT2D eigenvalue weighted by Crippen LogP contribution is -2.29. The van der Waals surface area contributed by atoms with Gasteiger partial charge in [0.15, 0.2) is 10.9 Å². The van der Waals surface area contributed by atoms with Gasteiger partial charge in [-0.2, -0.15) is 0 Å². The largest absolute Gasteiger partial charge is 0.394 e. The molecule has 0 fully saturated rings. The standard InChI is InChI=1S/C19H23N5O4/c1-24(2)6-5-20-14-3-4-15(23-11(9-25)10-26)17-16(14)18(27)12-7-21-22-8-13(12)19(17)28/h3-4,7-8,11,21-22,25-26H,5-6,9-10H2,1-2H3. The topological polar surface area (TPSA) is 134 Å². The Balaban J connectivity index is 2.47. The maximum atomic E-state index is 13.2. The van der Waals surface area contributed by atoms with Gasteiger partial charge in [0.1, 0.15) is 0 Å². The number of hydrogen-bond acceptors (Lipinski definition) is 7. The fourth-order valence-corrected chi connectivity index (χ4v) is 3.01. The molecule has 3 aromatic rings. The third-order valence-electron chi connectivity index (χ3n) is 4.48. The van der Waals surface area contributed by atoms with E-state index in [9.17, 15) is 19.8 Å². The number of likely N-dealkylation sites (N-methyl/N-ethyl adjacent to an activating group) is 1. The molecule has 1 aromatic heterocycles. The van der Waals surface area contributed by atoms with E-state index in [0.717, 1.165) is 0 Å². The lowest BCUT2D eigenvalue weighted by atomic mass is 10.0. The maximum Gasteiger partial charge on any atom is 0.198 e. The molecule has 0 saturated carbocycles. The summed E-state index contributed by atoms with van der Waals surface area (Å²) in [6, 6.07) is 2.47. The molecule has 0 unspecified atom stereocenters. The Morgan fingerprint density at radius 3 is 2.04 bits per heavy atom. The molecular weight excluding hydrogens is 362 g/mol. The van der Waals surface area contributed by atoms with Crippen molar-refractivity contribution < 1.29 is 10.2 Å². The summed E-state index contributed by atoms with van der Waals surface area (Å²) in [5.74, 6) is 0. The molecule has 0 spiro atoms. The molecule has 1 heterocycles. The second kappa shape index (κ2) is 8.42. The highest BCUT2D eigenvalue weighted by atomic mass is 16.3. The number of rotatable bonds is 6. The summed E-state index contributed by atoms with van der Waals surface area (Å²) >= 11 is 0. The number of nitrogens with one attached hydrogen (secondary N) is 2. The summed E-state index contributed by atoms with van der Waals surface area (Å²) in [6.45, 7) is 0.414. The van der Waals surface area contributed by atoms with Crippen LogP contribution in [0.25, 0.3) is 21.5 Å². The van der Waals surface area contributed by atoms with Gasteiger partial charge in [0, 0.05) is 18.9 Å². The molecule has 0 aliphatic rings. The lowest BCUT2D eigenvalue weighted by molar-refractivity contribution is 0.193. The van der Waals surface area contributed by atoms with Crippen LogP contribution in [0, 0.1) is 0 Å². The summed E-state index contributed by atoms with van der Waals surface area (Å²) in [4.78, 5) is 37.0. The minimum atomic E-state index is -0.777. The van der Waals surface area contributed by atoms with Crippen LogP contribution in [0.3, 0.4) is 0 Å². The third kappa shape index (κ3) is 3.72. The molecule has 0 amide bonds. The van der Waals surface area contributed by atoms with E-state index >= 15 is 0 Å². The molecule has 2 aromatic carbocycles. The van der Waals surface area contributed by atoms with Crippen LogP contribution in [-0.4, -0.2) is 71.8 Å². The zero-order chi connectivity index (χ0) is 20.3. The Bertz CT molecular complexity index is 1230. The third-order valence-corrected chi connectivity index (χ3v) is 4.48. The van der Waals surface area contributed by atoms with Gasteiger partial charge in [0.05, 0.1) is 58.1 Å². The molecule has 3 rings (SSSR count). The summed E-state index contributed by atoms with van der Waals surface area (Å²) in [5.41, 5.74) is -0.673. The van der Waals surface area contributed by atoms with Gasteiger partial charge >= 0.3 is 0 Å². The number of hydrogen-bond donors (Lipinski definition) is 4. The van der Waals surface area contributed by atoms with Gasteiger partial charge in [-0.25, -0.2) is 0 Å². The quantitative estimate of drug-likeness (QED) is 0.384. The van der Waals surface area contributed by atoms with Crippen LogP contribution in [-0.2, 0) is 0 Å². The Morgan fingerprint density at radius 2 is 1.50 bits per heavy atom. The van der Waals surface area contributed by atoms with Crippen molar-refractivity contribution in [2.75, 3.05) is 40.4 Å². The van der Waals surface area contributed by atoms with Gasteiger partial charge in [0.25, 0.3) is 0 Å². The first-order valence-corrected chi connectivity index (χ1v) is 8.90. The highest BCUT2D eigenvalue weighted by Gasteiger charge is 2.14. The minimum Gasteiger partial charge on any atom is -0.394 e. The molecular formula is C19H23N5O4. The van der Waals surface area contributed by atoms with E-state index in [1.807, 2.05) is 19.0 Å². The Labute approximate surface area is 159 Å². The molecule has 0 bridgehead atoms. The number of benzene rings is 2. The van der Waals surface area contributed by atoms with Crippen LogP contribution in [0.4, 0.5) is 0 Å². The average Bonchev–Trinajstić information content (AvgIpc) is 2.70. The SMILES string of the molecule is CN(C)CCN=c1ccc(=NC(CO)CO)c2c(=O)c3c[nH][nH]cc3c(=O)c12. The smallest absolute Gasteiger partial charge is 0.198 e. The molecule has 0 atom stereocenters. The van der Waals surface area contributed by atoms with Crippen LogP contribution in [0.5, 0.6) is 0 Å². The molecule has 9 nitrogen and oxygen atoms in total. The molecule has 148 valence electrons. The van der Waals surface area contributed by atoms with E-state index in [-0.39, 0.29) is 51.0 Å². The first-order chi connectivity index (χ1) is 13.5. The van der Waals surface area contributed by atoms with Crippen LogP contribution < -0.4 is 21.6 Å². The van der Waals surface area contributed by atoms with Gasteiger partial charge in [0.2, 0.25) is 0 Å². The second-order valence-electron chi connectivity index (χ2n) is 6.75. The summed E-state index contributed by atoms with van der Waals surface area (Å²) in [7, 11) is 3.85. The first-order valence-electron chi connectivity index (χ1n) is 8.90. The number of nitrogens with zero attached hydrogens (tertiary/aromatic N) is 3. The highest BCUT2D eigenvalue weighted by Crippen LogP contribution is 2.06. The van der Waals surface area contributed by atoms with Crippen molar-refractivity contribution in [3.63, 3.8) is 0 Å². The van der Waals surface area contributed by atoms with Crippen LogP contribution in [0.15, 0.2) is 44.1 Å². The predicted molar refractivity (Wildman–Crippen MR) is 106 cm³/mol. The molecule has 0 saturated heterocycles. The number of fused-ring (bicyclic) bond motifs is 2. The van der Waals surface area contributed by atoms with E-state index in [0.29, 0.717) is 18.4 Å². The molecule has 28 heavy (non-hydrogen) atoms. The van der Waals surface area contributed by atoms with E-state index in [1.54, 1.807) is 12.1 Å². The normalized spacial score (nSPS) is 13.5. The average molecular weight is 385 g/mol. The van der Waals surface area contributed by atoms with Crippen molar-refractivity contribution >= 4 is 21.5 Å². The van der Waals surface area contributed by atoms with Crippen molar-refractivity contribution in [3.8, 4) is 0 Å². The Kier molecular flexibility index (Phi) is 5.98. The number of H-pyrrole nitrogens is 2.